The maximum absolute atomic E-state index is 9.51. The summed E-state index contributed by atoms with van der Waals surface area (Å²) >= 11 is 0. The summed E-state index contributed by atoms with van der Waals surface area (Å²) in [6.07, 6.45) is 5.83. The van der Waals surface area contributed by atoms with Crippen LogP contribution in [0.25, 0.3) is 0 Å². The minimum Gasteiger partial charge on any atom is -0.394 e. The first-order valence-corrected chi connectivity index (χ1v) is 7.24. The van der Waals surface area contributed by atoms with Crippen molar-refractivity contribution in [2.45, 2.75) is 50.6 Å². The standard InChI is InChI=1S/C14H30N2O2/c1-4-14(12-17,15-2)8-5-9-16(10-11-18-3)13-6-7-13/h13,15,17H,4-12H2,1-3H3. The van der Waals surface area contributed by atoms with Gasteiger partial charge in [0.05, 0.1) is 13.2 Å². The fraction of sp³-hybridized carbons (Fsp3) is 1.00. The van der Waals surface area contributed by atoms with Gasteiger partial charge < -0.3 is 15.2 Å². The second-order valence-corrected chi connectivity index (χ2v) is 5.41. The molecule has 108 valence electrons. The Morgan fingerprint density at radius 2 is 2.11 bits per heavy atom. The van der Waals surface area contributed by atoms with Crippen molar-refractivity contribution in [3.05, 3.63) is 0 Å². The van der Waals surface area contributed by atoms with Gasteiger partial charge in [-0.05, 0) is 45.7 Å². The van der Waals surface area contributed by atoms with Gasteiger partial charge in [0.25, 0.3) is 0 Å². The van der Waals surface area contributed by atoms with E-state index in [1.165, 1.54) is 12.8 Å². The lowest BCUT2D eigenvalue weighted by molar-refractivity contribution is 0.127. The lowest BCUT2D eigenvalue weighted by Crippen LogP contribution is -2.46. The van der Waals surface area contributed by atoms with Gasteiger partial charge in [-0.2, -0.15) is 0 Å². The number of aliphatic hydroxyl groups excluding tert-OH is 1. The molecule has 1 saturated carbocycles. The van der Waals surface area contributed by atoms with E-state index in [9.17, 15) is 5.11 Å². The first-order valence-electron chi connectivity index (χ1n) is 7.24. The number of ether oxygens (including phenoxy) is 1. The lowest BCUT2D eigenvalue weighted by Gasteiger charge is -2.31. The highest BCUT2D eigenvalue weighted by atomic mass is 16.5. The van der Waals surface area contributed by atoms with Crippen LogP contribution in [0, 0.1) is 0 Å². The molecule has 4 nitrogen and oxygen atoms in total. The highest BCUT2D eigenvalue weighted by Gasteiger charge is 2.29. The molecular formula is C14H30N2O2. The third-order valence-corrected chi connectivity index (χ3v) is 4.26. The van der Waals surface area contributed by atoms with Gasteiger partial charge in [0.1, 0.15) is 0 Å². The number of methoxy groups -OCH3 is 1. The number of hydrogen-bond acceptors (Lipinski definition) is 4. The van der Waals surface area contributed by atoms with Crippen LogP contribution in [0.4, 0.5) is 0 Å². The monoisotopic (exact) mass is 258 g/mol. The fourth-order valence-corrected chi connectivity index (χ4v) is 2.49. The van der Waals surface area contributed by atoms with Crippen LogP contribution in [-0.4, -0.2) is 62.0 Å². The molecule has 1 fully saturated rings. The second-order valence-electron chi connectivity index (χ2n) is 5.41. The topological polar surface area (TPSA) is 44.7 Å². The van der Waals surface area contributed by atoms with Gasteiger partial charge in [-0.25, -0.2) is 0 Å². The van der Waals surface area contributed by atoms with Crippen molar-refractivity contribution in [2.75, 3.05) is 40.5 Å². The Morgan fingerprint density at radius 3 is 2.56 bits per heavy atom. The Bertz CT molecular complexity index is 208. The predicted molar refractivity (Wildman–Crippen MR) is 74.9 cm³/mol. The van der Waals surface area contributed by atoms with E-state index >= 15 is 0 Å². The van der Waals surface area contributed by atoms with Crippen molar-refractivity contribution in [2.24, 2.45) is 0 Å². The minimum absolute atomic E-state index is 0.0868. The maximum Gasteiger partial charge on any atom is 0.0613 e. The Hall–Kier alpha value is -0.160. The maximum atomic E-state index is 9.51. The van der Waals surface area contributed by atoms with Crippen molar-refractivity contribution >= 4 is 0 Å². The molecule has 0 aromatic heterocycles. The number of aliphatic hydroxyl groups is 1. The normalized spacial score (nSPS) is 19.2. The summed E-state index contributed by atoms with van der Waals surface area (Å²) in [6.45, 7) is 5.34. The smallest absolute Gasteiger partial charge is 0.0613 e. The van der Waals surface area contributed by atoms with Crippen molar-refractivity contribution in [1.29, 1.82) is 0 Å². The zero-order valence-electron chi connectivity index (χ0n) is 12.2. The molecule has 0 bridgehead atoms. The average Bonchev–Trinajstić information content (AvgIpc) is 3.23. The number of likely N-dealkylation sites (N-methyl/N-ethyl adjacent to an activating group) is 1. The van der Waals surface area contributed by atoms with E-state index in [1.807, 2.05) is 7.05 Å². The summed E-state index contributed by atoms with van der Waals surface area (Å²) in [5.74, 6) is 0. The van der Waals surface area contributed by atoms with Crippen molar-refractivity contribution < 1.29 is 9.84 Å². The lowest BCUT2D eigenvalue weighted by atomic mass is 9.91. The summed E-state index contributed by atoms with van der Waals surface area (Å²) in [5, 5.41) is 12.8. The van der Waals surface area contributed by atoms with Gasteiger partial charge in [-0.3, -0.25) is 4.90 Å². The largest absolute Gasteiger partial charge is 0.394 e. The van der Waals surface area contributed by atoms with Crippen LogP contribution in [-0.2, 0) is 4.74 Å². The molecule has 1 rings (SSSR count). The third kappa shape index (κ3) is 4.84. The van der Waals surface area contributed by atoms with Crippen LogP contribution in [0.3, 0.4) is 0 Å². The molecule has 0 radical (unpaired) electrons. The van der Waals surface area contributed by atoms with Crippen molar-refractivity contribution in [3.8, 4) is 0 Å². The zero-order chi connectivity index (χ0) is 13.4. The molecule has 2 N–H and O–H groups in total. The SMILES string of the molecule is CCC(CO)(CCCN(CCOC)C1CC1)NC. The molecule has 0 heterocycles. The first kappa shape index (κ1) is 15.9. The molecule has 1 aliphatic carbocycles. The van der Waals surface area contributed by atoms with Crippen LogP contribution in [0.1, 0.15) is 39.0 Å². The highest BCUT2D eigenvalue weighted by molar-refractivity contribution is 4.87. The van der Waals surface area contributed by atoms with E-state index in [0.717, 1.165) is 45.0 Å². The van der Waals surface area contributed by atoms with Crippen LogP contribution in [0.5, 0.6) is 0 Å². The summed E-state index contributed by atoms with van der Waals surface area (Å²) in [4.78, 5) is 2.54. The second kappa shape index (κ2) is 8.10. The summed E-state index contributed by atoms with van der Waals surface area (Å²) < 4.78 is 5.17. The fourth-order valence-electron chi connectivity index (χ4n) is 2.49. The zero-order valence-corrected chi connectivity index (χ0v) is 12.2. The molecule has 1 atom stereocenters. The number of hydrogen-bond donors (Lipinski definition) is 2. The average molecular weight is 258 g/mol. The van der Waals surface area contributed by atoms with Gasteiger partial charge in [0.2, 0.25) is 0 Å². The molecular weight excluding hydrogens is 228 g/mol. The van der Waals surface area contributed by atoms with Crippen LogP contribution in [0.15, 0.2) is 0 Å². The van der Waals surface area contributed by atoms with Crippen LogP contribution >= 0.6 is 0 Å². The summed E-state index contributed by atoms with van der Waals surface area (Å²) in [5.41, 5.74) is -0.0868. The minimum atomic E-state index is -0.0868. The van der Waals surface area contributed by atoms with E-state index in [4.69, 9.17) is 4.74 Å². The van der Waals surface area contributed by atoms with E-state index in [-0.39, 0.29) is 12.1 Å². The van der Waals surface area contributed by atoms with E-state index in [2.05, 4.69) is 17.1 Å². The number of nitrogens with one attached hydrogen (secondary N) is 1. The predicted octanol–water partition coefficient (Wildman–Crippen LogP) is 1.24. The van der Waals surface area contributed by atoms with Crippen LogP contribution < -0.4 is 5.32 Å². The van der Waals surface area contributed by atoms with E-state index in [1.54, 1.807) is 7.11 Å². The van der Waals surface area contributed by atoms with Gasteiger partial charge in [0, 0.05) is 25.2 Å². The third-order valence-electron chi connectivity index (χ3n) is 4.26. The summed E-state index contributed by atoms with van der Waals surface area (Å²) in [6, 6.07) is 0.792. The molecule has 0 aliphatic heterocycles. The Morgan fingerprint density at radius 1 is 1.39 bits per heavy atom. The van der Waals surface area contributed by atoms with E-state index in [0.29, 0.717) is 0 Å². The Labute approximate surface area is 112 Å². The van der Waals surface area contributed by atoms with Gasteiger partial charge in [-0.15, -0.1) is 0 Å². The Kier molecular flexibility index (Phi) is 7.15. The molecule has 0 spiro atoms. The van der Waals surface area contributed by atoms with Gasteiger partial charge in [-0.1, -0.05) is 6.92 Å². The molecule has 0 aromatic carbocycles. The molecule has 18 heavy (non-hydrogen) atoms. The molecule has 0 aromatic rings. The quantitative estimate of drug-likeness (QED) is 0.585. The number of nitrogens with zero attached hydrogens (tertiary/aromatic N) is 1. The summed E-state index contributed by atoms with van der Waals surface area (Å²) in [7, 11) is 3.71. The molecule has 0 saturated heterocycles. The van der Waals surface area contributed by atoms with Crippen LogP contribution in [0.2, 0.25) is 0 Å². The Balaban J connectivity index is 2.28. The van der Waals surface area contributed by atoms with Crippen molar-refractivity contribution in [3.63, 3.8) is 0 Å². The molecule has 1 aliphatic rings. The highest BCUT2D eigenvalue weighted by Crippen LogP contribution is 2.27. The van der Waals surface area contributed by atoms with Crippen molar-refractivity contribution in [1.82, 2.24) is 10.2 Å². The van der Waals surface area contributed by atoms with Gasteiger partial charge in [0.15, 0.2) is 0 Å². The molecule has 1 unspecified atom stereocenters. The molecule has 0 amide bonds. The number of rotatable bonds is 11. The van der Waals surface area contributed by atoms with E-state index < -0.39 is 0 Å². The first-order chi connectivity index (χ1) is 8.71. The molecule has 4 heteroatoms. The van der Waals surface area contributed by atoms with Gasteiger partial charge >= 0.3 is 0 Å².